The SMILES string of the molecule is COC1CCC(n2ncc3c(N4CC5CCC(C4)O5)nc(-c4ccc(NC(=O)Nc5ccc(C(N)=O)cc5)cc4)nc32)CC1. The van der Waals surface area contributed by atoms with Crippen molar-refractivity contribution < 1.29 is 19.1 Å². The Morgan fingerprint density at radius 1 is 0.886 bits per heavy atom. The number of aromatic nitrogens is 4. The van der Waals surface area contributed by atoms with Crippen molar-refractivity contribution in [1.82, 2.24) is 19.7 Å². The zero-order chi connectivity index (χ0) is 30.2. The monoisotopic (exact) mass is 596 g/mol. The van der Waals surface area contributed by atoms with Gasteiger partial charge in [0.25, 0.3) is 0 Å². The molecule has 2 bridgehead atoms. The Morgan fingerprint density at radius 3 is 2.14 bits per heavy atom. The van der Waals surface area contributed by atoms with E-state index in [2.05, 4.69) is 20.2 Å². The van der Waals surface area contributed by atoms with Crippen molar-refractivity contribution in [1.29, 1.82) is 0 Å². The summed E-state index contributed by atoms with van der Waals surface area (Å²) < 4.78 is 13.8. The lowest BCUT2D eigenvalue weighted by Gasteiger charge is -2.33. The number of methoxy groups -OCH3 is 1. The molecule has 12 heteroatoms. The molecular weight excluding hydrogens is 560 g/mol. The second-order valence-corrected chi connectivity index (χ2v) is 11.8. The number of amides is 3. The van der Waals surface area contributed by atoms with Crippen LogP contribution in [0.5, 0.6) is 0 Å². The molecule has 2 atom stereocenters. The van der Waals surface area contributed by atoms with Crippen LogP contribution in [0.2, 0.25) is 0 Å². The average molecular weight is 597 g/mol. The lowest BCUT2D eigenvalue weighted by atomic mass is 9.93. The molecule has 2 aromatic carbocycles. The van der Waals surface area contributed by atoms with Crippen molar-refractivity contribution in [3.63, 3.8) is 0 Å². The number of primary amides is 1. The molecule has 2 unspecified atom stereocenters. The Bertz CT molecular complexity index is 1650. The van der Waals surface area contributed by atoms with Crippen LogP contribution in [0.3, 0.4) is 0 Å². The number of nitrogens with two attached hydrogens (primary N) is 1. The molecule has 2 aliphatic heterocycles. The van der Waals surface area contributed by atoms with Gasteiger partial charge in [0.1, 0.15) is 5.82 Å². The maximum atomic E-state index is 12.6. The highest BCUT2D eigenvalue weighted by Crippen LogP contribution is 2.37. The number of rotatable bonds is 7. The van der Waals surface area contributed by atoms with E-state index in [1.807, 2.05) is 30.5 Å². The van der Waals surface area contributed by atoms with Gasteiger partial charge in [-0.2, -0.15) is 5.10 Å². The Labute approximate surface area is 254 Å². The zero-order valence-corrected chi connectivity index (χ0v) is 24.6. The summed E-state index contributed by atoms with van der Waals surface area (Å²) >= 11 is 0. The first kappa shape index (κ1) is 28.2. The molecule has 4 N–H and O–H groups in total. The summed E-state index contributed by atoms with van der Waals surface area (Å²) in [5.41, 5.74) is 8.51. The van der Waals surface area contributed by atoms with Crippen LogP contribution in [0.15, 0.2) is 54.7 Å². The number of morpholine rings is 1. The average Bonchev–Trinajstić information content (AvgIpc) is 3.63. The molecule has 7 rings (SSSR count). The summed E-state index contributed by atoms with van der Waals surface area (Å²) in [7, 11) is 1.79. The second kappa shape index (κ2) is 11.9. The number of hydrogen-bond donors (Lipinski definition) is 3. The molecule has 228 valence electrons. The lowest BCUT2D eigenvalue weighted by Crippen LogP contribution is -2.43. The summed E-state index contributed by atoms with van der Waals surface area (Å²) in [6, 6.07) is 13.7. The zero-order valence-electron chi connectivity index (χ0n) is 24.6. The molecule has 2 aromatic heterocycles. The molecule has 3 aliphatic rings. The van der Waals surface area contributed by atoms with E-state index in [9.17, 15) is 9.59 Å². The van der Waals surface area contributed by atoms with Crippen molar-refractivity contribution in [2.24, 2.45) is 5.73 Å². The number of carbonyl (C=O) groups is 2. The van der Waals surface area contributed by atoms with Crippen LogP contribution in [-0.2, 0) is 9.47 Å². The summed E-state index contributed by atoms with van der Waals surface area (Å²) in [5, 5.41) is 11.4. The molecule has 0 radical (unpaired) electrons. The number of hydrogen-bond acceptors (Lipinski definition) is 8. The van der Waals surface area contributed by atoms with Crippen molar-refractivity contribution >= 4 is 40.2 Å². The number of nitrogens with zero attached hydrogens (tertiary/aromatic N) is 5. The third kappa shape index (κ3) is 5.70. The first-order valence-electron chi connectivity index (χ1n) is 15.2. The fourth-order valence-electron chi connectivity index (χ4n) is 6.58. The minimum Gasteiger partial charge on any atom is -0.381 e. The molecule has 4 heterocycles. The minimum absolute atomic E-state index is 0.221. The highest BCUT2D eigenvalue weighted by atomic mass is 16.5. The normalized spacial score (nSPS) is 23.1. The maximum Gasteiger partial charge on any atom is 0.323 e. The number of urea groups is 1. The number of nitrogens with one attached hydrogen (secondary N) is 2. The molecule has 2 saturated heterocycles. The van der Waals surface area contributed by atoms with Gasteiger partial charge in [0, 0.05) is 42.7 Å². The first-order chi connectivity index (χ1) is 21.4. The quantitative estimate of drug-likeness (QED) is 0.277. The van der Waals surface area contributed by atoms with Crippen LogP contribution in [0, 0.1) is 0 Å². The molecule has 12 nitrogen and oxygen atoms in total. The largest absolute Gasteiger partial charge is 0.381 e. The van der Waals surface area contributed by atoms with Crippen molar-refractivity contribution in [2.75, 3.05) is 35.7 Å². The van der Waals surface area contributed by atoms with Gasteiger partial charge in [-0.1, -0.05) is 0 Å². The fraction of sp³-hybridized carbons (Fsp3) is 0.406. The van der Waals surface area contributed by atoms with Gasteiger partial charge in [-0.15, -0.1) is 0 Å². The Kier molecular flexibility index (Phi) is 7.61. The van der Waals surface area contributed by atoms with Crippen molar-refractivity contribution in [3.8, 4) is 11.4 Å². The van der Waals surface area contributed by atoms with Gasteiger partial charge in [0.2, 0.25) is 5.91 Å². The third-order valence-corrected chi connectivity index (χ3v) is 8.93. The second-order valence-electron chi connectivity index (χ2n) is 11.8. The first-order valence-corrected chi connectivity index (χ1v) is 15.2. The smallest absolute Gasteiger partial charge is 0.323 e. The van der Waals surface area contributed by atoms with E-state index >= 15 is 0 Å². The summed E-state index contributed by atoms with van der Waals surface area (Å²) in [6.07, 6.45) is 8.79. The Balaban J connectivity index is 1.15. The lowest BCUT2D eigenvalue weighted by molar-refractivity contribution is 0.0303. The van der Waals surface area contributed by atoms with Crippen LogP contribution < -0.4 is 21.3 Å². The van der Waals surface area contributed by atoms with E-state index in [1.165, 1.54) is 0 Å². The highest BCUT2D eigenvalue weighted by Gasteiger charge is 2.36. The van der Waals surface area contributed by atoms with Crippen LogP contribution >= 0.6 is 0 Å². The topological polar surface area (TPSA) is 150 Å². The molecule has 1 saturated carbocycles. The van der Waals surface area contributed by atoms with Gasteiger partial charge in [-0.25, -0.2) is 19.4 Å². The minimum atomic E-state index is -0.521. The van der Waals surface area contributed by atoms with Crippen molar-refractivity contribution in [3.05, 3.63) is 60.3 Å². The molecule has 3 fully saturated rings. The predicted octanol–water partition coefficient (Wildman–Crippen LogP) is 4.73. The number of carbonyl (C=O) groups excluding carboxylic acids is 2. The number of fused-ring (bicyclic) bond motifs is 3. The summed E-state index contributed by atoms with van der Waals surface area (Å²) in [5.74, 6) is 0.988. The number of benzene rings is 2. The van der Waals surface area contributed by atoms with Crippen LogP contribution in [0.25, 0.3) is 22.4 Å². The maximum absolute atomic E-state index is 12.6. The predicted molar refractivity (Wildman–Crippen MR) is 167 cm³/mol. The van der Waals surface area contributed by atoms with E-state index in [4.69, 9.17) is 30.3 Å². The van der Waals surface area contributed by atoms with Gasteiger partial charge < -0.3 is 30.7 Å². The van der Waals surface area contributed by atoms with E-state index < -0.39 is 11.9 Å². The van der Waals surface area contributed by atoms with Crippen molar-refractivity contribution in [2.45, 2.75) is 62.9 Å². The van der Waals surface area contributed by atoms with Gasteiger partial charge in [-0.05, 0) is 87.1 Å². The fourth-order valence-corrected chi connectivity index (χ4v) is 6.58. The van der Waals surface area contributed by atoms with Gasteiger partial charge >= 0.3 is 6.03 Å². The molecule has 1 aliphatic carbocycles. The Morgan fingerprint density at radius 2 is 1.52 bits per heavy atom. The summed E-state index contributed by atoms with van der Waals surface area (Å²) in [4.78, 5) is 36.4. The van der Waals surface area contributed by atoms with Crippen LogP contribution in [0.4, 0.5) is 22.0 Å². The number of ether oxygens (including phenoxy) is 2. The standard InChI is InChI=1S/C32H36N8O4/c1-43-24-12-10-23(11-13-24)40-31-27(16-34-40)30(39-17-25-14-15-26(18-39)44-25)37-29(38-31)20-4-8-22(9-5-20)36-32(42)35-21-6-2-19(3-7-21)28(33)41/h2-9,16,23-26H,10-15,17-18H2,1H3,(H2,33,41)(H2,35,36,42). The summed E-state index contributed by atoms with van der Waals surface area (Å²) in [6.45, 7) is 1.60. The van der Waals surface area contributed by atoms with Gasteiger partial charge in [0.05, 0.1) is 35.9 Å². The van der Waals surface area contributed by atoms with Crippen LogP contribution in [-0.4, -0.2) is 70.2 Å². The van der Waals surface area contributed by atoms with Gasteiger partial charge in [0.15, 0.2) is 11.5 Å². The van der Waals surface area contributed by atoms with Gasteiger partial charge in [-0.3, -0.25) is 4.79 Å². The molecule has 0 spiro atoms. The van der Waals surface area contributed by atoms with Crippen LogP contribution in [0.1, 0.15) is 54.9 Å². The third-order valence-electron chi connectivity index (χ3n) is 8.93. The Hall–Kier alpha value is -4.55. The highest BCUT2D eigenvalue weighted by molar-refractivity contribution is 6.00. The van der Waals surface area contributed by atoms with E-state index in [0.29, 0.717) is 28.9 Å². The molecule has 3 amide bonds. The number of anilines is 3. The van der Waals surface area contributed by atoms with E-state index in [0.717, 1.165) is 74.0 Å². The molecule has 4 aromatic rings. The molecular formula is C32H36N8O4. The molecule has 44 heavy (non-hydrogen) atoms. The van der Waals surface area contributed by atoms with E-state index in [1.54, 1.807) is 31.4 Å². The van der Waals surface area contributed by atoms with E-state index in [-0.39, 0.29) is 18.2 Å².